The van der Waals surface area contributed by atoms with Crippen molar-refractivity contribution in [2.45, 2.75) is 36.4 Å². The minimum Gasteiger partial charge on any atom is -0.448 e. The molecule has 0 saturated carbocycles. The van der Waals surface area contributed by atoms with Gasteiger partial charge in [-0.2, -0.15) is 5.26 Å². The first-order valence-electron chi connectivity index (χ1n) is 12.0. The van der Waals surface area contributed by atoms with Gasteiger partial charge in [0, 0.05) is 30.5 Å². The van der Waals surface area contributed by atoms with E-state index in [2.05, 4.69) is 29.2 Å². The Morgan fingerprint density at radius 3 is 2.33 bits per heavy atom. The second kappa shape index (κ2) is 8.70. The minimum absolute atomic E-state index is 0.0492. The fourth-order valence-corrected chi connectivity index (χ4v) is 5.95. The number of ether oxygens (including phenoxy) is 2. The van der Waals surface area contributed by atoms with E-state index in [1.54, 1.807) is 11.0 Å². The first-order valence-corrected chi connectivity index (χ1v) is 12.0. The number of halogens is 1. The molecule has 2 aromatic carbocycles. The number of amides is 1. The summed E-state index contributed by atoms with van der Waals surface area (Å²) in [7, 11) is 0. The number of morpholine rings is 1. The summed E-state index contributed by atoms with van der Waals surface area (Å²) < 4.78 is 25.8. The topological polar surface area (TPSA) is 95.7 Å². The molecule has 6 rings (SSSR count). The van der Waals surface area contributed by atoms with Gasteiger partial charge in [-0.3, -0.25) is 4.90 Å². The molecule has 1 amide bonds. The van der Waals surface area contributed by atoms with Crippen LogP contribution in [-0.2, 0) is 15.1 Å². The van der Waals surface area contributed by atoms with Gasteiger partial charge in [-0.25, -0.2) is 14.2 Å². The van der Waals surface area contributed by atoms with E-state index in [1.165, 1.54) is 6.20 Å². The second-order valence-corrected chi connectivity index (χ2v) is 9.66. The lowest BCUT2D eigenvalue weighted by atomic mass is 9.77. The minimum atomic E-state index is -1.39. The van der Waals surface area contributed by atoms with Gasteiger partial charge >= 0.3 is 6.09 Å². The lowest BCUT2D eigenvalue weighted by Crippen LogP contribution is -2.62. The van der Waals surface area contributed by atoms with E-state index >= 15 is 0 Å². The monoisotopic (exact) mass is 485 g/mol. The van der Waals surface area contributed by atoms with Crippen molar-refractivity contribution in [3.63, 3.8) is 0 Å². The molecule has 8 heteroatoms. The fraction of sp³-hybridized carbons (Fsp3) is 0.321. The third-order valence-corrected chi connectivity index (χ3v) is 7.59. The van der Waals surface area contributed by atoms with Gasteiger partial charge in [-0.05, 0) is 28.3 Å². The van der Waals surface area contributed by atoms with E-state index < -0.39 is 29.6 Å². The summed E-state index contributed by atoms with van der Waals surface area (Å²) in [4.78, 5) is 18.8. The molecule has 3 aliphatic rings. The zero-order valence-corrected chi connectivity index (χ0v) is 19.4. The Morgan fingerprint density at radius 1 is 1.14 bits per heavy atom. The maximum absolute atomic E-state index is 14.2. The number of aromatic nitrogens is 1. The van der Waals surface area contributed by atoms with Crippen molar-refractivity contribution in [1.82, 2.24) is 9.88 Å². The molecule has 1 aliphatic carbocycles. The van der Waals surface area contributed by atoms with E-state index in [9.17, 15) is 14.3 Å². The maximum Gasteiger partial charge on any atom is 0.410 e. The third-order valence-electron chi connectivity index (χ3n) is 7.59. The summed E-state index contributed by atoms with van der Waals surface area (Å²) in [5, 5.41) is 20.4. The number of carbonyl (C=O) groups excluding carboxylic acids is 1. The van der Waals surface area contributed by atoms with Crippen LogP contribution in [0.2, 0.25) is 0 Å². The quantitative estimate of drug-likeness (QED) is 0.600. The van der Waals surface area contributed by atoms with Crippen LogP contribution in [0.5, 0.6) is 0 Å². The van der Waals surface area contributed by atoms with Gasteiger partial charge in [0.2, 0.25) is 0 Å². The predicted molar refractivity (Wildman–Crippen MR) is 127 cm³/mol. The number of nitriles is 1. The van der Waals surface area contributed by atoms with Crippen molar-refractivity contribution in [3.8, 4) is 17.2 Å². The Balaban J connectivity index is 1.20. The van der Waals surface area contributed by atoms with Gasteiger partial charge in [0.1, 0.15) is 12.7 Å². The van der Waals surface area contributed by atoms with Crippen LogP contribution in [0.25, 0.3) is 11.1 Å². The van der Waals surface area contributed by atoms with Crippen molar-refractivity contribution in [2.75, 3.05) is 19.8 Å². The summed E-state index contributed by atoms with van der Waals surface area (Å²) in [5.74, 6) is -0.823. The number of carbonyl (C=O) groups is 1. The average molecular weight is 486 g/mol. The molecular weight excluding hydrogens is 461 g/mol. The molecule has 3 aromatic rings. The highest BCUT2D eigenvalue weighted by Gasteiger charge is 2.50. The Bertz CT molecular complexity index is 1330. The molecular formula is C28H24FN3O4. The first kappa shape index (κ1) is 22.7. The van der Waals surface area contributed by atoms with E-state index in [0.717, 1.165) is 28.3 Å². The van der Waals surface area contributed by atoms with Gasteiger partial charge in [0.25, 0.3) is 0 Å². The number of pyridine rings is 1. The molecule has 7 nitrogen and oxygen atoms in total. The largest absolute Gasteiger partial charge is 0.448 e. The van der Waals surface area contributed by atoms with Crippen molar-refractivity contribution in [2.24, 2.45) is 0 Å². The van der Waals surface area contributed by atoms with Crippen LogP contribution < -0.4 is 0 Å². The zero-order valence-electron chi connectivity index (χ0n) is 19.4. The molecule has 2 aliphatic heterocycles. The molecule has 0 spiro atoms. The summed E-state index contributed by atoms with van der Waals surface area (Å²) in [6.07, 6.45) is 1.20. The highest BCUT2D eigenvalue weighted by Crippen LogP contribution is 2.45. The van der Waals surface area contributed by atoms with Crippen LogP contribution in [0.4, 0.5) is 9.18 Å². The van der Waals surface area contributed by atoms with Gasteiger partial charge in [-0.1, -0.05) is 48.5 Å². The molecule has 182 valence electrons. The highest BCUT2D eigenvalue weighted by atomic mass is 19.1. The molecule has 1 N–H and O–H groups in total. The van der Waals surface area contributed by atoms with Crippen LogP contribution in [0.1, 0.15) is 41.1 Å². The van der Waals surface area contributed by atoms with Crippen molar-refractivity contribution in [1.29, 1.82) is 5.26 Å². The lowest BCUT2D eigenvalue weighted by molar-refractivity contribution is -0.136. The number of hydrogen-bond donors (Lipinski definition) is 1. The van der Waals surface area contributed by atoms with E-state index in [1.807, 2.05) is 24.3 Å². The number of nitrogens with zero attached hydrogens (tertiary/aromatic N) is 3. The number of hydrogen-bond acceptors (Lipinski definition) is 6. The summed E-state index contributed by atoms with van der Waals surface area (Å²) in [6, 6.07) is 18.3. The van der Waals surface area contributed by atoms with Crippen molar-refractivity contribution < 1.29 is 23.8 Å². The van der Waals surface area contributed by atoms with Crippen LogP contribution in [0.15, 0.2) is 60.8 Å². The van der Waals surface area contributed by atoms with Gasteiger partial charge in [0.05, 0.1) is 30.9 Å². The molecule has 2 fully saturated rings. The Kier molecular flexibility index (Phi) is 5.47. The molecule has 2 saturated heterocycles. The summed E-state index contributed by atoms with van der Waals surface area (Å²) >= 11 is 0. The van der Waals surface area contributed by atoms with Crippen molar-refractivity contribution >= 4 is 6.09 Å². The number of piperidine rings is 1. The van der Waals surface area contributed by atoms with Crippen molar-refractivity contribution in [3.05, 3.63) is 89.0 Å². The van der Waals surface area contributed by atoms with Crippen LogP contribution >= 0.6 is 0 Å². The number of fused-ring (bicyclic) bond motifs is 5. The third kappa shape index (κ3) is 3.63. The zero-order chi connectivity index (χ0) is 24.9. The van der Waals surface area contributed by atoms with Crippen LogP contribution in [0, 0.1) is 17.1 Å². The average Bonchev–Trinajstić information content (AvgIpc) is 3.20. The lowest BCUT2D eigenvalue weighted by Gasteiger charge is -2.50. The Hall–Kier alpha value is -3.80. The summed E-state index contributed by atoms with van der Waals surface area (Å²) in [6.45, 7) is 0.697. The van der Waals surface area contributed by atoms with Gasteiger partial charge in [-0.15, -0.1) is 0 Å². The molecule has 0 radical (unpaired) electrons. The van der Waals surface area contributed by atoms with Crippen LogP contribution in [-0.4, -0.2) is 53.0 Å². The van der Waals surface area contributed by atoms with Gasteiger partial charge < -0.3 is 14.6 Å². The highest BCUT2D eigenvalue weighted by molar-refractivity contribution is 5.79. The van der Waals surface area contributed by atoms with E-state index in [0.29, 0.717) is 5.56 Å². The maximum atomic E-state index is 14.2. The first-order chi connectivity index (χ1) is 17.5. The number of benzene rings is 2. The number of aliphatic hydroxyl groups is 1. The van der Waals surface area contributed by atoms with E-state index in [-0.39, 0.29) is 44.3 Å². The van der Waals surface area contributed by atoms with Gasteiger partial charge in [0.15, 0.2) is 11.5 Å². The molecule has 2 bridgehead atoms. The molecule has 2 atom stereocenters. The predicted octanol–water partition coefficient (Wildman–Crippen LogP) is 4.09. The molecule has 2 unspecified atom stereocenters. The summed E-state index contributed by atoms with van der Waals surface area (Å²) in [5.41, 5.74) is 3.18. The standard InChI is InChI=1S/C28H24FN3O4/c29-25-9-17(13-31-26(25)12-30)28(34)10-18-14-35-15-19(11-28)32(18)27(33)36-16-24-22-7-3-1-5-20(22)21-6-2-4-8-23(21)24/h1-9,13,18-19,24,34H,10-11,14-16H2. The molecule has 1 aromatic heterocycles. The van der Waals surface area contributed by atoms with Crippen LogP contribution in [0.3, 0.4) is 0 Å². The SMILES string of the molecule is N#Cc1ncc(C2(O)CC3COCC(C2)N3C(=O)OCC2c3ccccc3-c3ccccc32)cc1F. The number of rotatable bonds is 3. The second-order valence-electron chi connectivity index (χ2n) is 9.66. The normalized spacial score (nSPS) is 24.5. The molecule has 36 heavy (non-hydrogen) atoms. The Morgan fingerprint density at radius 2 is 1.75 bits per heavy atom. The smallest absolute Gasteiger partial charge is 0.410 e. The Labute approximate surface area is 207 Å². The fourth-order valence-electron chi connectivity index (χ4n) is 5.95. The van der Waals surface area contributed by atoms with E-state index in [4.69, 9.17) is 14.7 Å². The molecule has 3 heterocycles.